The number of nitriles is 1. The molecule has 1 fully saturated rings. The van der Waals surface area contributed by atoms with Gasteiger partial charge in [0, 0.05) is 18.4 Å². The second-order valence-electron chi connectivity index (χ2n) is 7.20. The van der Waals surface area contributed by atoms with Gasteiger partial charge in [-0.25, -0.2) is 0 Å². The standard InChI is InChI=1S/C20H23N3O/c1-19(2,15-21)23-12-8-17(9-13-23)22-18(24)20(10-11-20)14-16-6-4-3-5-7-16/h3-9,12H,10-11,13-14H2,1-2H3,(H,22,24). The zero-order chi connectivity index (χ0) is 17.2. The lowest BCUT2D eigenvalue weighted by Gasteiger charge is -2.33. The third-order valence-corrected chi connectivity index (χ3v) is 4.91. The lowest BCUT2D eigenvalue weighted by atomic mass is 9.95. The second-order valence-corrected chi connectivity index (χ2v) is 7.20. The van der Waals surface area contributed by atoms with Crippen LogP contribution in [0.5, 0.6) is 0 Å². The maximum Gasteiger partial charge on any atom is 0.230 e. The second kappa shape index (κ2) is 6.16. The molecule has 24 heavy (non-hydrogen) atoms. The van der Waals surface area contributed by atoms with Gasteiger partial charge in [-0.15, -0.1) is 0 Å². The van der Waals surface area contributed by atoms with Gasteiger partial charge in [0.25, 0.3) is 0 Å². The Morgan fingerprint density at radius 1 is 1.33 bits per heavy atom. The molecule has 1 aliphatic heterocycles. The summed E-state index contributed by atoms with van der Waals surface area (Å²) in [7, 11) is 0. The first kappa shape index (κ1) is 16.3. The maximum absolute atomic E-state index is 12.7. The number of hydrogen-bond acceptors (Lipinski definition) is 3. The van der Waals surface area contributed by atoms with E-state index in [1.54, 1.807) is 0 Å². The summed E-state index contributed by atoms with van der Waals surface area (Å²) in [6.07, 6.45) is 8.41. The molecular formula is C20H23N3O. The quantitative estimate of drug-likeness (QED) is 0.906. The SMILES string of the molecule is CC(C)(C#N)N1C=CC(NC(=O)C2(Cc3ccccc3)CC2)=CC1. The van der Waals surface area contributed by atoms with Crippen molar-refractivity contribution in [3.63, 3.8) is 0 Å². The van der Waals surface area contributed by atoms with Crippen LogP contribution in [0, 0.1) is 16.7 Å². The summed E-state index contributed by atoms with van der Waals surface area (Å²) >= 11 is 0. The van der Waals surface area contributed by atoms with Crippen molar-refractivity contribution in [3.05, 3.63) is 59.9 Å². The highest BCUT2D eigenvalue weighted by molar-refractivity contribution is 5.87. The number of nitrogens with zero attached hydrogens (tertiary/aromatic N) is 2. The molecule has 124 valence electrons. The Bertz CT molecular complexity index is 721. The van der Waals surface area contributed by atoms with Crippen LogP contribution in [-0.4, -0.2) is 22.9 Å². The van der Waals surface area contributed by atoms with Crippen molar-refractivity contribution in [1.82, 2.24) is 10.2 Å². The van der Waals surface area contributed by atoms with Crippen molar-refractivity contribution in [2.45, 2.75) is 38.6 Å². The van der Waals surface area contributed by atoms with Gasteiger partial charge in [-0.1, -0.05) is 30.3 Å². The molecule has 4 nitrogen and oxygen atoms in total. The number of nitrogens with one attached hydrogen (secondary N) is 1. The highest BCUT2D eigenvalue weighted by Gasteiger charge is 2.49. The number of carbonyl (C=O) groups is 1. The molecule has 0 saturated heterocycles. The third kappa shape index (κ3) is 3.35. The van der Waals surface area contributed by atoms with Gasteiger partial charge in [0.2, 0.25) is 5.91 Å². The van der Waals surface area contributed by atoms with Crippen LogP contribution in [0.3, 0.4) is 0 Å². The Morgan fingerprint density at radius 3 is 2.58 bits per heavy atom. The molecule has 0 spiro atoms. The Morgan fingerprint density at radius 2 is 2.04 bits per heavy atom. The van der Waals surface area contributed by atoms with Crippen LogP contribution in [0.25, 0.3) is 0 Å². The van der Waals surface area contributed by atoms with Crippen LogP contribution in [0.1, 0.15) is 32.3 Å². The predicted octanol–water partition coefficient (Wildman–Crippen LogP) is 3.14. The first-order chi connectivity index (χ1) is 11.5. The number of carbonyl (C=O) groups excluding carboxylic acids is 1. The van der Waals surface area contributed by atoms with Crippen LogP contribution in [0.4, 0.5) is 0 Å². The fourth-order valence-corrected chi connectivity index (χ4v) is 2.95. The van der Waals surface area contributed by atoms with Gasteiger partial charge in [-0.2, -0.15) is 5.26 Å². The first-order valence-electron chi connectivity index (χ1n) is 8.37. The largest absolute Gasteiger partial charge is 0.356 e. The van der Waals surface area contributed by atoms with Crippen LogP contribution in [0.15, 0.2) is 54.4 Å². The van der Waals surface area contributed by atoms with E-state index in [4.69, 9.17) is 0 Å². The lowest BCUT2D eigenvalue weighted by molar-refractivity contribution is -0.125. The van der Waals surface area contributed by atoms with Gasteiger partial charge in [0.1, 0.15) is 5.54 Å². The van der Waals surface area contributed by atoms with Crippen molar-refractivity contribution in [1.29, 1.82) is 5.26 Å². The molecular weight excluding hydrogens is 298 g/mol. The van der Waals surface area contributed by atoms with Crippen molar-refractivity contribution >= 4 is 5.91 Å². The van der Waals surface area contributed by atoms with Crippen LogP contribution in [0.2, 0.25) is 0 Å². The van der Waals surface area contributed by atoms with Crippen LogP contribution in [-0.2, 0) is 11.2 Å². The molecule has 2 aliphatic rings. The molecule has 0 unspecified atom stereocenters. The van der Waals surface area contributed by atoms with Gasteiger partial charge < -0.3 is 10.2 Å². The Hall–Kier alpha value is -2.54. The van der Waals surface area contributed by atoms with Gasteiger partial charge in [0.05, 0.1) is 11.5 Å². The van der Waals surface area contributed by atoms with E-state index in [1.165, 1.54) is 5.56 Å². The summed E-state index contributed by atoms with van der Waals surface area (Å²) < 4.78 is 0. The normalized spacial score (nSPS) is 18.5. The first-order valence-corrected chi connectivity index (χ1v) is 8.37. The van der Waals surface area contributed by atoms with E-state index in [0.29, 0.717) is 6.54 Å². The average Bonchev–Trinajstić information content (AvgIpc) is 3.37. The molecule has 1 aliphatic carbocycles. The molecule has 1 aromatic rings. The number of hydrogen-bond donors (Lipinski definition) is 1. The molecule has 1 amide bonds. The molecule has 3 rings (SSSR count). The van der Waals surface area contributed by atoms with Gasteiger partial charge in [0.15, 0.2) is 0 Å². The summed E-state index contributed by atoms with van der Waals surface area (Å²) in [5.41, 5.74) is 1.23. The van der Waals surface area contributed by atoms with E-state index in [2.05, 4.69) is 23.5 Å². The topological polar surface area (TPSA) is 56.1 Å². The smallest absolute Gasteiger partial charge is 0.230 e. The number of allylic oxidation sites excluding steroid dienone is 1. The summed E-state index contributed by atoms with van der Waals surface area (Å²) in [6.45, 7) is 4.39. The van der Waals surface area contributed by atoms with Crippen molar-refractivity contribution < 1.29 is 4.79 Å². The molecule has 1 saturated carbocycles. The van der Waals surface area contributed by atoms with Crippen molar-refractivity contribution in [3.8, 4) is 6.07 Å². The predicted molar refractivity (Wildman–Crippen MR) is 93.6 cm³/mol. The van der Waals surface area contributed by atoms with E-state index >= 15 is 0 Å². The molecule has 0 radical (unpaired) electrons. The summed E-state index contributed by atoms with van der Waals surface area (Å²) in [5, 5.41) is 12.3. The third-order valence-electron chi connectivity index (χ3n) is 4.91. The summed E-state index contributed by atoms with van der Waals surface area (Å²) in [6, 6.07) is 12.5. The Labute approximate surface area is 143 Å². The molecule has 1 aromatic carbocycles. The summed E-state index contributed by atoms with van der Waals surface area (Å²) in [4.78, 5) is 14.6. The van der Waals surface area contributed by atoms with E-state index < -0.39 is 5.54 Å². The molecule has 0 bridgehead atoms. The average molecular weight is 321 g/mol. The van der Waals surface area contributed by atoms with Gasteiger partial charge >= 0.3 is 0 Å². The van der Waals surface area contributed by atoms with E-state index in [9.17, 15) is 10.1 Å². The minimum absolute atomic E-state index is 0.107. The molecule has 1 heterocycles. The molecule has 0 atom stereocenters. The van der Waals surface area contributed by atoms with E-state index in [1.807, 2.05) is 55.3 Å². The zero-order valence-corrected chi connectivity index (χ0v) is 14.2. The molecule has 1 N–H and O–H groups in total. The fraction of sp³-hybridized carbons (Fsp3) is 0.400. The highest BCUT2D eigenvalue weighted by atomic mass is 16.2. The lowest BCUT2D eigenvalue weighted by Crippen LogP contribution is -2.41. The van der Waals surface area contributed by atoms with Crippen LogP contribution >= 0.6 is 0 Å². The summed E-state index contributed by atoms with van der Waals surface area (Å²) in [5.74, 6) is 0.107. The minimum Gasteiger partial charge on any atom is -0.356 e. The molecule has 0 aromatic heterocycles. The number of amides is 1. The van der Waals surface area contributed by atoms with E-state index in [0.717, 1.165) is 25.0 Å². The monoisotopic (exact) mass is 321 g/mol. The van der Waals surface area contributed by atoms with Crippen molar-refractivity contribution in [2.75, 3.05) is 6.54 Å². The fourth-order valence-electron chi connectivity index (χ4n) is 2.95. The Kier molecular flexibility index (Phi) is 4.19. The number of rotatable bonds is 5. The van der Waals surface area contributed by atoms with Gasteiger partial charge in [-0.05, 0) is 50.8 Å². The Balaban J connectivity index is 1.60. The zero-order valence-electron chi connectivity index (χ0n) is 14.2. The highest BCUT2D eigenvalue weighted by Crippen LogP contribution is 2.48. The minimum atomic E-state index is -0.548. The molecule has 4 heteroatoms. The maximum atomic E-state index is 12.7. The van der Waals surface area contributed by atoms with E-state index in [-0.39, 0.29) is 11.3 Å². The number of benzene rings is 1. The van der Waals surface area contributed by atoms with Gasteiger partial charge in [-0.3, -0.25) is 4.79 Å². The van der Waals surface area contributed by atoms with Crippen LogP contribution < -0.4 is 5.32 Å². The van der Waals surface area contributed by atoms with Crippen molar-refractivity contribution in [2.24, 2.45) is 5.41 Å².